The maximum Gasteiger partial charge on any atom is 0.306 e. The number of rotatable bonds is 60. The maximum absolute atomic E-state index is 12.8. The van der Waals surface area contributed by atoms with Gasteiger partial charge >= 0.3 is 17.9 Å². The summed E-state index contributed by atoms with van der Waals surface area (Å²) in [5.41, 5.74) is 0. The molecule has 0 aromatic carbocycles. The van der Waals surface area contributed by atoms with E-state index in [0.717, 1.165) is 109 Å². The van der Waals surface area contributed by atoms with Crippen LogP contribution in [0.2, 0.25) is 0 Å². The number of allylic oxidation sites excluding steroid dienone is 14. The highest BCUT2D eigenvalue weighted by molar-refractivity contribution is 5.71. The number of unbranched alkanes of at least 4 members (excludes halogenated alkanes) is 35. The number of carbonyl (C=O) groups is 3. The molecule has 0 saturated heterocycles. The van der Waals surface area contributed by atoms with Gasteiger partial charge in [-0.25, -0.2) is 0 Å². The van der Waals surface area contributed by atoms with E-state index in [1.165, 1.54) is 180 Å². The summed E-state index contributed by atoms with van der Waals surface area (Å²) >= 11 is 0. The number of esters is 3. The van der Waals surface area contributed by atoms with E-state index >= 15 is 0 Å². The van der Waals surface area contributed by atoms with Gasteiger partial charge in [-0.3, -0.25) is 14.4 Å². The molecule has 0 aliphatic carbocycles. The molecule has 0 aliphatic rings. The average molecular weight is 1070 g/mol. The second kappa shape index (κ2) is 65.1. The van der Waals surface area contributed by atoms with Crippen molar-refractivity contribution in [3.63, 3.8) is 0 Å². The Morgan fingerprint density at radius 1 is 0.273 bits per heavy atom. The summed E-state index contributed by atoms with van der Waals surface area (Å²) in [6, 6.07) is 0. The highest BCUT2D eigenvalue weighted by Gasteiger charge is 2.19. The highest BCUT2D eigenvalue weighted by Crippen LogP contribution is 2.17. The molecule has 0 spiro atoms. The fourth-order valence-electron chi connectivity index (χ4n) is 9.44. The Morgan fingerprint density at radius 2 is 0.506 bits per heavy atom. The summed E-state index contributed by atoms with van der Waals surface area (Å²) in [7, 11) is 0. The van der Waals surface area contributed by atoms with Gasteiger partial charge in [0.2, 0.25) is 0 Å². The second-order valence-electron chi connectivity index (χ2n) is 22.0. The van der Waals surface area contributed by atoms with Crippen LogP contribution in [0.5, 0.6) is 0 Å². The van der Waals surface area contributed by atoms with Crippen molar-refractivity contribution in [3.8, 4) is 0 Å². The summed E-state index contributed by atoms with van der Waals surface area (Å²) in [4.78, 5) is 38.2. The van der Waals surface area contributed by atoms with Gasteiger partial charge in [-0.15, -0.1) is 0 Å². The minimum atomic E-state index is -0.776. The van der Waals surface area contributed by atoms with Gasteiger partial charge in [-0.1, -0.05) is 298 Å². The van der Waals surface area contributed by atoms with E-state index in [9.17, 15) is 14.4 Å². The molecule has 0 rings (SSSR count). The first kappa shape index (κ1) is 73.6. The summed E-state index contributed by atoms with van der Waals surface area (Å²) in [5.74, 6) is -0.870. The van der Waals surface area contributed by atoms with Gasteiger partial charge in [0.15, 0.2) is 6.10 Å². The highest BCUT2D eigenvalue weighted by atomic mass is 16.6. The van der Waals surface area contributed by atoms with E-state index in [1.807, 2.05) is 0 Å². The third-order valence-electron chi connectivity index (χ3n) is 14.4. The topological polar surface area (TPSA) is 78.9 Å². The Hall–Kier alpha value is -3.41. The van der Waals surface area contributed by atoms with Crippen molar-refractivity contribution < 1.29 is 28.6 Å². The van der Waals surface area contributed by atoms with Crippen LogP contribution in [0.15, 0.2) is 85.1 Å². The summed E-state index contributed by atoms with van der Waals surface area (Å²) < 4.78 is 16.9. The van der Waals surface area contributed by atoms with Gasteiger partial charge in [0, 0.05) is 19.3 Å². The van der Waals surface area contributed by atoms with Crippen molar-refractivity contribution in [1.29, 1.82) is 0 Å². The van der Waals surface area contributed by atoms with Gasteiger partial charge in [-0.05, 0) is 96.3 Å². The van der Waals surface area contributed by atoms with E-state index in [4.69, 9.17) is 14.2 Å². The third-order valence-corrected chi connectivity index (χ3v) is 14.4. The molecule has 0 aromatic rings. The Balaban J connectivity index is 4.06. The van der Waals surface area contributed by atoms with Crippen LogP contribution in [0.1, 0.15) is 329 Å². The quantitative estimate of drug-likeness (QED) is 0.0261. The summed E-state index contributed by atoms with van der Waals surface area (Å²) in [5, 5.41) is 0. The van der Waals surface area contributed by atoms with Crippen molar-refractivity contribution in [2.45, 2.75) is 335 Å². The zero-order chi connectivity index (χ0) is 55.7. The monoisotopic (exact) mass is 1070 g/mol. The lowest BCUT2D eigenvalue weighted by molar-refractivity contribution is -0.167. The van der Waals surface area contributed by atoms with Crippen LogP contribution in [-0.4, -0.2) is 37.2 Å². The molecule has 6 nitrogen and oxygen atoms in total. The van der Waals surface area contributed by atoms with Crippen molar-refractivity contribution in [2.24, 2.45) is 0 Å². The summed E-state index contributed by atoms with van der Waals surface area (Å²) in [6.45, 7) is 6.52. The lowest BCUT2D eigenvalue weighted by atomic mass is 10.0. The van der Waals surface area contributed by atoms with Gasteiger partial charge in [-0.2, -0.15) is 0 Å². The number of ether oxygens (including phenoxy) is 3. The number of hydrogen-bond donors (Lipinski definition) is 0. The minimum absolute atomic E-state index is 0.0740. The molecule has 0 aromatic heterocycles. The molecule has 0 radical (unpaired) electrons. The van der Waals surface area contributed by atoms with Crippen LogP contribution in [0, 0.1) is 0 Å². The van der Waals surface area contributed by atoms with Gasteiger partial charge in [0.25, 0.3) is 0 Å². The molecule has 444 valence electrons. The Kier molecular flexibility index (Phi) is 62.2. The molecule has 0 heterocycles. The molecule has 0 saturated carbocycles. The molecule has 1 atom stereocenters. The molecule has 0 N–H and O–H groups in total. The maximum atomic E-state index is 12.8. The SMILES string of the molecule is CC/C=C\C/C=C\C/C=C\C/C=C\C/C=C\C/C=C\CCCCCCCCCCCCCCCCCCC(=O)OCC(COC(=O)CCCCCCCCCCCCCC)OC(=O)CCCCCCC/C=C\CCCCC. The lowest BCUT2D eigenvalue weighted by Gasteiger charge is -2.18. The van der Waals surface area contributed by atoms with Crippen LogP contribution in [0.4, 0.5) is 0 Å². The molecule has 6 heteroatoms. The molecular formula is C71H124O6. The normalized spacial score (nSPS) is 12.6. The molecule has 0 aliphatic heterocycles. The van der Waals surface area contributed by atoms with Crippen molar-refractivity contribution in [1.82, 2.24) is 0 Å². The molecule has 0 amide bonds. The van der Waals surface area contributed by atoms with Crippen LogP contribution in [0.3, 0.4) is 0 Å². The smallest absolute Gasteiger partial charge is 0.306 e. The van der Waals surface area contributed by atoms with E-state index in [1.54, 1.807) is 0 Å². The molecule has 0 bridgehead atoms. The molecule has 1 unspecified atom stereocenters. The molecular weight excluding hydrogens is 949 g/mol. The lowest BCUT2D eigenvalue weighted by Crippen LogP contribution is -2.30. The van der Waals surface area contributed by atoms with E-state index in [2.05, 4.69) is 106 Å². The van der Waals surface area contributed by atoms with Gasteiger partial charge in [0.1, 0.15) is 13.2 Å². The first-order valence-corrected chi connectivity index (χ1v) is 33.1. The van der Waals surface area contributed by atoms with Crippen molar-refractivity contribution >= 4 is 17.9 Å². The Labute approximate surface area is 477 Å². The van der Waals surface area contributed by atoms with Gasteiger partial charge < -0.3 is 14.2 Å². The van der Waals surface area contributed by atoms with E-state index in [0.29, 0.717) is 19.3 Å². The zero-order valence-corrected chi connectivity index (χ0v) is 51.0. The predicted octanol–water partition coefficient (Wildman–Crippen LogP) is 22.7. The molecule has 0 fully saturated rings. The van der Waals surface area contributed by atoms with Gasteiger partial charge in [0.05, 0.1) is 0 Å². The predicted molar refractivity (Wildman–Crippen MR) is 334 cm³/mol. The Bertz CT molecular complexity index is 1470. The largest absolute Gasteiger partial charge is 0.462 e. The molecule has 77 heavy (non-hydrogen) atoms. The second-order valence-corrected chi connectivity index (χ2v) is 22.0. The van der Waals surface area contributed by atoms with Crippen molar-refractivity contribution in [3.05, 3.63) is 85.1 Å². The summed E-state index contributed by atoms with van der Waals surface area (Å²) in [6.07, 6.45) is 86.1. The third kappa shape index (κ3) is 63.3. The first-order valence-electron chi connectivity index (χ1n) is 33.1. The number of hydrogen-bond acceptors (Lipinski definition) is 6. The standard InChI is InChI=1S/C71H124O6/c1-4-7-10-13-16-19-22-25-26-27-28-29-30-31-32-33-34-35-36-37-38-39-40-41-42-43-44-45-46-47-50-52-55-58-61-64-70(73)76-67-68(77-71(74)65-62-59-56-53-49-24-21-18-15-12-9-6-3)66-75-69(72)63-60-57-54-51-48-23-20-17-14-11-8-5-2/h7,10,16,18-19,21,25-26,28-29,31-32,34-35,68H,4-6,8-9,11-15,17,20,22-24,27,30,33,36-67H2,1-3H3/b10-7-,19-16-,21-18-,26-25-,29-28-,32-31-,35-34-. The van der Waals surface area contributed by atoms with Crippen LogP contribution < -0.4 is 0 Å². The average Bonchev–Trinajstić information content (AvgIpc) is 3.43. The van der Waals surface area contributed by atoms with E-state index < -0.39 is 6.10 Å². The first-order chi connectivity index (χ1) is 38.0. The van der Waals surface area contributed by atoms with Crippen LogP contribution >= 0.6 is 0 Å². The van der Waals surface area contributed by atoms with Crippen molar-refractivity contribution in [2.75, 3.05) is 13.2 Å². The Morgan fingerprint density at radius 3 is 0.831 bits per heavy atom. The zero-order valence-electron chi connectivity index (χ0n) is 51.0. The fourth-order valence-corrected chi connectivity index (χ4v) is 9.44. The number of carbonyl (C=O) groups excluding carboxylic acids is 3. The van der Waals surface area contributed by atoms with Crippen LogP contribution in [0.25, 0.3) is 0 Å². The fraction of sp³-hybridized carbons (Fsp3) is 0.761. The minimum Gasteiger partial charge on any atom is -0.462 e. The van der Waals surface area contributed by atoms with Crippen LogP contribution in [-0.2, 0) is 28.6 Å². The van der Waals surface area contributed by atoms with E-state index in [-0.39, 0.29) is 31.1 Å².